The van der Waals surface area contributed by atoms with Crippen molar-refractivity contribution in [2.45, 2.75) is 38.3 Å². The monoisotopic (exact) mass is 527 g/mol. The lowest BCUT2D eigenvalue weighted by molar-refractivity contribution is -0.139. The number of amides is 2. The van der Waals surface area contributed by atoms with Gasteiger partial charge in [0, 0.05) is 18.1 Å². The van der Waals surface area contributed by atoms with Gasteiger partial charge < -0.3 is 10.2 Å². The maximum atomic E-state index is 13.7. The summed E-state index contributed by atoms with van der Waals surface area (Å²) in [5, 5.41) is 3.23. The van der Waals surface area contributed by atoms with Gasteiger partial charge in [0.1, 0.15) is 12.6 Å². The molecule has 0 fully saturated rings. The Balaban J connectivity index is 2.01. The van der Waals surface area contributed by atoms with Gasteiger partial charge in [0.15, 0.2) is 0 Å². The summed E-state index contributed by atoms with van der Waals surface area (Å²) in [6.45, 7) is 5.32. The van der Waals surface area contributed by atoms with E-state index in [2.05, 4.69) is 5.32 Å². The van der Waals surface area contributed by atoms with Crippen LogP contribution in [-0.4, -0.2) is 44.3 Å². The Morgan fingerprint density at radius 2 is 1.64 bits per heavy atom. The van der Waals surface area contributed by atoms with Crippen molar-refractivity contribution in [3.8, 4) is 0 Å². The minimum atomic E-state index is -4.07. The van der Waals surface area contributed by atoms with Gasteiger partial charge in [0.25, 0.3) is 10.0 Å². The Hall–Kier alpha value is -3.36. The van der Waals surface area contributed by atoms with Crippen LogP contribution in [0.4, 0.5) is 5.69 Å². The lowest BCUT2D eigenvalue weighted by Gasteiger charge is -2.32. The van der Waals surface area contributed by atoms with Crippen molar-refractivity contribution >= 4 is 39.1 Å². The first-order valence-corrected chi connectivity index (χ1v) is 13.4. The summed E-state index contributed by atoms with van der Waals surface area (Å²) in [5.74, 6) is -0.852. The van der Waals surface area contributed by atoms with Gasteiger partial charge in [-0.3, -0.25) is 13.9 Å². The van der Waals surface area contributed by atoms with Gasteiger partial charge in [-0.1, -0.05) is 59.6 Å². The smallest absolute Gasteiger partial charge is 0.264 e. The SMILES string of the molecule is CCNC(=O)[C@@H](C)N(Cc1cccc(Cl)c1)C(=O)CN(c1ccc(C)cc1)S(=O)(=O)c1ccccc1. The van der Waals surface area contributed by atoms with Crippen LogP contribution in [0.3, 0.4) is 0 Å². The molecule has 0 spiro atoms. The van der Waals surface area contributed by atoms with E-state index in [1.54, 1.807) is 80.6 Å². The molecule has 190 valence electrons. The predicted octanol–water partition coefficient (Wildman–Crippen LogP) is 4.40. The predicted molar refractivity (Wildman–Crippen MR) is 142 cm³/mol. The van der Waals surface area contributed by atoms with E-state index in [0.29, 0.717) is 17.3 Å². The van der Waals surface area contributed by atoms with Gasteiger partial charge >= 0.3 is 0 Å². The molecule has 0 aliphatic carbocycles. The van der Waals surface area contributed by atoms with Gasteiger partial charge in [-0.05, 0) is 62.7 Å². The summed E-state index contributed by atoms with van der Waals surface area (Å²) in [6, 6.07) is 21.0. The van der Waals surface area contributed by atoms with Crippen LogP contribution in [0.25, 0.3) is 0 Å². The number of nitrogens with one attached hydrogen (secondary N) is 1. The Morgan fingerprint density at radius 3 is 2.25 bits per heavy atom. The molecule has 0 aliphatic rings. The second kappa shape index (κ2) is 12.1. The molecule has 0 bridgehead atoms. The Bertz CT molecular complexity index is 1300. The van der Waals surface area contributed by atoms with Crippen LogP contribution in [-0.2, 0) is 26.2 Å². The van der Waals surface area contributed by atoms with Crippen LogP contribution in [0.1, 0.15) is 25.0 Å². The number of hydrogen-bond donors (Lipinski definition) is 1. The number of carbonyl (C=O) groups excluding carboxylic acids is 2. The fraction of sp³-hybridized carbons (Fsp3) is 0.259. The van der Waals surface area contributed by atoms with E-state index in [4.69, 9.17) is 11.6 Å². The molecule has 3 aromatic rings. The highest BCUT2D eigenvalue weighted by atomic mass is 35.5. The lowest BCUT2D eigenvalue weighted by atomic mass is 10.1. The van der Waals surface area contributed by atoms with Crippen LogP contribution in [0.2, 0.25) is 5.02 Å². The molecule has 2 amide bonds. The summed E-state index contributed by atoms with van der Waals surface area (Å²) in [6.07, 6.45) is 0. The van der Waals surface area contributed by atoms with Crippen LogP contribution >= 0.6 is 11.6 Å². The van der Waals surface area contributed by atoms with Gasteiger partial charge in [-0.2, -0.15) is 0 Å². The molecule has 9 heteroatoms. The average molecular weight is 528 g/mol. The number of likely N-dealkylation sites (N-methyl/N-ethyl adjacent to an activating group) is 1. The van der Waals surface area contributed by atoms with E-state index < -0.39 is 28.5 Å². The van der Waals surface area contributed by atoms with Crippen molar-refractivity contribution in [3.05, 3.63) is 95.0 Å². The number of halogens is 1. The number of aryl methyl sites for hydroxylation is 1. The summed E-state index contributed by atoms with van der Waals surface area (Å²) in [4.78, 5) is 27.9. The van der Waals surface area contributed by atoms with Crippen molar-refractivity contribution in [1.29, 1.82) is 0 Å². The maximum absolute atomic E-state index is 13.7. The van der Waals surface area contributed by atoms with E-state index in [9.17, 15) is 18.0 Å². The third-order valence-electron chi connectivity index (χ3n) is 5.69. The third-order valence-corrected chi connectivity index (χ3v) is 7.72. The Labute approximate surface area is 217 Å². The van der Waals surface area contributed by atoms with Crippen molar-refractivity contribution in [2.75, 3.05) is 17.4 Å². The second-order valence-corrected chi connectivity index (χ2v) is 10.7. The highest BCUT2D eigenvalue weighted by molar-refractivity contribution is 7.92. The second-order valence-electron chi connectivity index (χ2n) is 8.38. The molecule has 0 radical (unpaired) electrons. The topological polar surface area (TPSA) is 86.8 Å². The van der Waals surface area contributed by atoms with Gasteiger partial charge in [0.2, 0.25) is 11.8 Å². The highest BCUT2D eigenvalue weighted by Gasteiger charge is 2.32. The van der Waals surface area contributed by atoms with Gasteiger partial charge in [0.05, 0.1) is 10.6 Å². The molecule has 0 heterocycles. The zero-order valence-electron chi connectivity index (χ0n) is 20.5. The molecular formula is C27H30ClN3O4S. The summed E-state index contributed by atoms with van der Waals surface area (Å²) >= 11 is 6.13. The number of anilines is 1. The van der Waals surface area contributed by atoms with Crippen molar-refractivity contribution in [1.82, 2.24) is 10.2 Å². The minimum absolute atomic E-state index is 0.0662. The number of rotatable bonds is 10. The first-order valence-electron chi connectivity index (χ1n) is 11.6. The van der Waals surface area contributed by atoms with E-state index in [1.807, 2.05) is 6.92 Å². The van der Waals surface area contributed by atoms with Crippen molar-refractivity contribution in [2.24, 2.45) is 0 Å². The van der Waals surface area contributed by atoms with E-state index in [-0.39, 0.29) is 17.3 Å². The van der Waals surface area contributed by atoms with Crippen LogP contribution in [0.15, 0.2) is 83.8 Å². The van der Waals surface area contributed by atoms with Crippen molar-refractivity contribution in [3.63, 3.8) is 0 Å². The van der Waals surface area contributed by atoms with E-state index in [1.165, 1.54) is 17.0 Å². The van der Waals surface area contributed by atoms with E-state index >= 15 is 0 Å². The molecular weight excluding hydrogens is 498 g/mol. The van der Waals surface area contributed by atoms with Crippen LogP contribution in [0.5, 0.6) is 0 Å². The number of sulfonamides is 1. The quantitative estimate of drug-likeness (QED) is 0.423. The Morgan fingerprint density at radius 1 is 0.972 bits per heavy atom. The molecule has 3 rings (SSSR count). The molecule has 1 N–H and O–H groups in total. The zero-order chi connectivity index (χ0) is 26.3. The average Bonchev–Trinajstić information content (AvgIpc) is 2.86. The molecule has 3 aromatic carbocycles. The van der Waals surface area contributed by atoms with Crippen LogP contribution in [0, 0.1) is 6.92 Å². The molecule has 0 aromatic heterocycles. The summed E-state index contributed by atoms with van der Waals surface area (Å²) < 4.78 is 28.4. The zero-order valence-corrected chi connectivity index (χ0v) is 22.1. The number of carbonyl (C=O) groups is 2. The normalized spacial score (nSPS) is 12.0. The first-order chi connectivity index (χ1) is 17.1. The lowest BCUT2D eigenvalue weighted by Crippen LogP contribution is -2.51. The molecule has 0 saturated heterocycles. The van der Waals surface area contributed by atoms with E-state index in [0.717, 1.165) is 15.4 Å². The largest absolute Gasteiger partial charge is 0.355 e. The van der Waals surface area contributed by atoms with Gasteiger partial charge in [-0.25, -0.2) is 8.42 Å². The number of benzene rings is 3. The van der Waals surface area contributed by atoms with Gasteiger partial charge in [-0.15, -0.1) is 0 Å². The standard InChI is InChI=1S/C27H30ClN3O4S/c1-4-29-27(33)21(3)30(18-22-9-8-10-23(28)17-22)26(32)19-31(24-15-13-20(2)14-16-24)36(34,35)25-11-6-5-7-12-25/h5-17,21H,4,18-19H2,1-3H3,(H,29,33)/t21-/m1/s1. The molecule has 1 atom stereocenters. The number of nitrogens with zero attached hydrogens (tertiary/aromatic N) is 2. The Kier molecular flexibility index (Phi) is 9.12. The molecule has 0 aliphatic heterocycles. The first kappa shape index (κ1) is 27.2. The molecule has 7 nitrogen and oxygen atoms in total. The fourth-order valence-corrected chi connectivity index (χ4v) is 5.34. The minimum Gasteiger partial charge on any atom is -0.355 e. The van der Waals surface area contributed by atoms with Crippen molar-refractivity contribution < 1.29 is 18.0 Å². The third kappa shape index (κ3) is 6.65. The molecule has 36 heavy (non-hydrogen) atoms. The molecule has 0 saturated carbocycles. The molecule has 0 unspecified atom stereocenters. The highest BCUT2D eigenvalue weighted by Crippen LogP contribution is 2.25. The summed E-state index contributed by atoms with van der Waals surface area (Å²) in [7, 11) is -4.07. The fourth-order valence-electron chi connectivity index (χ4n) is 3.70. The maximum Gasteiger partial charge on any atom is 0.264 e. The van der Waals surface area contributed by atoms with Crippen LogP contribution < -0.4 is 9.62 Å². The number of hydrogen-bond acceptors (Lipinski definition) is 4. The summed E-state index contributed by atoms with van der Waals surface area (Å²) in [5.41, 5.74) is 2.03.